The number of carboxylic acids is 1. The zero-order valence-corrected chi connectivity index (χ0v) is 10.9. The second kappa shape index (κ2) is 5.40. The lowest BCUT2D eigenvalue weighted by Gasteiger charge is -2.18. The summed E-state index contributed by atoms with van der Waals surface area (Å²) in [6, 6.07) is 4.22. The number of hydrogen-bond acceptors (Lipinski definition) is 3. The topological polar surface area (TPSA) is 49.8 Å². The Bertz CT molecular complexity index is 457. The normalized spacial score (nSPS) is 15.7. The second-order valence-corrected chi connectivity index (χ2v) is 4.81. The molecule has 0 aliphatic carbocycles. The third-order valence-corrected chi connectivity index (χ3v) is 3.38. The summed E-state index contributed by atoms with van der Waals surface area (Å²) in [7, 11) is 0. The fourth-order valence-corrected chi connectivity index (χ4v) is 2.16. The first-order chi connectivity index (χ1) is 8.56. The van der Waals surface area contributed by atoms with Crippen molar-refractivity contribution < 1.29 is 14.6 Å². The number of fused-ring (bicyclic) bond motifs is 1. The molecule has 0 amide bonds. The molecule has 98 valence electrons. The molecule has 1 aliphatic rings. The molecular formula is C14H19NO3. The quantitative estimate of drug-likeness (QED) is 0.889. The van der Waals surface area contributed by atoms with Crippen LogP contribution in [-0.4, -0.2) is 35.7 Å². The molecule has 1 aromatic rings. The lowest BCUT2D eigenvalue weighted by Crippen LogP contribution is -2.28. The minimum absolute atomic E-state index is 0.181. The van der Waals surface area contributed by atoms with Crippen LogP contribution in [0.4, 0.5) is 0 Å². The standard InChI is InChI=1S/C14H19NO3/c1-10-7-12-9-15(4-3-14(16)17)5-6-18-13(12)8-11(10)2/h7-8H,3-6,9H2,1-2H3,(H,16,17). The molecule has 4 heteroatoms. The maximum Gasteiger partial charge on any atom is 0.304 e. The lowest BCUT2D eigenvalue weighted by atomic mass is 10.0. The molecule has 0 saturated heterocycles. The highest BCUT2D eigenvalue weighted by molar-refractivity contribution is 5.66. The van der Waals surface area contributed by atoms with Crippen molar-refractivity contribution >= 4 is 5.97 Å². The summed E-state index contributed by atoms with van der Waals surface area (Å²) in [6.07, 6.45) is 0.181. The summed E-state index contributed by atoms with van der Waals surface area (Å²) in [4.78, 5) is 12.7. The van der Waals surface area contributed by atoms with Crippen molar-refractivity contribution in [2.75, 3.05) is 19.7 Å². The molecule has 0 radical (unpaired) electrons. The van der Waals surface area contributed by atoms with Gasteiger partial charge >= 0.3 is 5.97 Å². The average molecular weight is 249 g/mol. The van der Waals surface area contributed by atoms with Gasteiger partial charge in [0.1, 0.15) is 12.4 Å². The van der Waals surface area contributed by atoms with E-state index in [4.69, 9.17) is 9.84 Å². The third-order valence-electron chi connectivity index (χ3n) is 3.38. The van der Waals surface area contributed by atoms with Crippen molar-refractivity contribution in [2.24, 2.45) is 0 Å². The van der Waals surface area contributed by atoms with E-state index in [0.717, 1.165) is 24.4 Å². The van der Waals surface area contributed by atoms with Crippen LogP contribution in [0.3, 0.4) is 0 Å². The summed E-state index contributed by atoms with van der Waals surface area (Å²) in [5.41, 5.74) is 3.63. The summed E-state index contributed by atoms with van der Waals surface area (Å²) >= 11 is 0. The van der Waals surface area contributed by atoms with Gasteiger partial charge in [-0.2, -0.15) is 0 Å². The van der Waals surface area contributed by atoms with Crippen LogP contribution in [-0.2, 0) is 11.3 Å². The maximum absolute atomic E-state index is 10.6. The molecule has 18 heavy (non-hydrogen) atoms. The zero-order valence-electron chi connectivity index (χ0n) is 10.9. The van der Waals surface area contributed by atoms with Gasteiger partial charge < -0.3 is 9.84 Å². The number of rotatable bonds is 3. The van der Waals surface area contributed by atoms with Crippen LogP contribution >= 0.6 is 0 Å². The Hall–Kier alpha value is -1.55. The van der Waals surface area contributed by atoms with Gasteiger partial charge in [-0.1, -0.05) is 6.07 Å². The fourth-order valence-electron chi connectivity index (χ4n) is 2.16. The van der Waals surface area contributed by atoms with Gasteiger partial charge in [-0.05, 0) is 31.0 Å². The number of nitrogens with zero attached hydrogens (tertiary/aromatic N) is 1. The maximum atomic E-state index is 10.6. The molecule has 0 bridgehead atoms. The van der Waals surface area contributed by atoms with Crippen molar-refractivity contribution in [3.8, 4) is 5.75 Å². The van der Waals surface area contributed by atoms with Crippen LogP contribution in [0.5, 0.6) is 5.75 Å². The van der Waals surface area contributed by atoms with Crippen LogP contribution in [0.1, 0.15) is 23.1 Å². The van der Waals surface area contributed by atoms with Gasteiger partial charge in [0.25, 0.3) is 0 Å². The van der Waals surface area contributed by atoms with Gasteiger partial charge in [0.05, 0.1) is 6.42 Å². The minimum Gasteiger partial charge on any atom is -0.492 e. The Morgan fingerprint density at radius 1 is 1.39 bits per heavy atom. The van der Waals surface area contributed by atoms with Gasteiger partial charge in [0, 0.05) is 25.2 Å². The van der Waals surface area contributed by atoms with E-state index in [9.17, 15) is 4.79 Å². The molecule has 0 aromatic heterocycles. The van der Waals surface area contributed by atoms with Crippen LogP contribution in [0.15, 0.2) is 12.1 Å². The van der Waals surface area contributed by atoms with Gasteiger partial charge in [0.2, 0.25) is 0 Å². The fraction of sp³-hybridized carbons (Fsp3) is 0.500. The van der Waals surface area contributed by atoms with Crippen molar-refractivity contribution in [1.82, 2.24) is 4.90 Å². The second-order valence-electron chi connectivity index (χ2n) is 4.81. The third kappa shape index (κ3) is 3.01. The number of carboxylic acid groups (broad SMARTS) is 1. The number of hydrogen-bond donors (Lipinski definition) is 1. The summed E-state index contributed by atoms with van der Waals surface area (Å²) in [6.45, 7) is 6.90. The molecule has 1 aliphatic heterocycles. The summed E-state index contributed by atoms with van der Waals surface area (Å²) < 4.78 is 5.73. The van der Waals surface area contributed by atoms with E-state index >= 15 is 0 Å². The monoisotopic (exact) mass is 249 g/mol. The molecule has 0 fully saturated rings. The molecule has 0 unspecified atom stereocenters. The van der Waals surface area contributed by atoms with E-state index in [1.807, 2.05) is 0 Å². The van der Waals surface area contributed by atoms with Crippen LogP contribution < -0.4 is 4.74 Å². The highest BCUT2D eigenvalue weighted by atomic mass is 16.5. The van der Waals surface area contributed by atoms with Crippen molar-refractivity contribution in [2.45, 2.75) is 26.8 Å². The van der Waals surface area contributed by atoms with Gasteiger partial charge in [0.15, 0.2) is 0 Å². The van der Waals surface area contributed by atoms with Gasteiger partial charge in [-0.3, -0.25) is 9.69 Å². The number of benzene rings is 1. The molecule has 1 aromatic carbocycles. The first-order valence-electron chi connectivity index (χ1n) is 6.23. The highest BCUT2D eigenvalue weighted by Crippen LogP contribution is 2.26. The Morgan fingerprint density at radius 2 is 2.11 bits per heavy atom. The Labute approximate surface area is 107 Å². The van der Waals surface area contributed by atoms with E-state index in [1.165, 1.54) is 11.1 Å². The van der Waals surface area contributed by atoms with Crippen molar-refractivity contribution in [3.63, 3.8) is 0 Å². The van der Waals surface area contributed by atoms with Crippen molar-refractivity contribution in [1.29, 1.82) is 0 Å². The largest absolute Gasteiger partial charge is 0.492 e. The molecule has 1 heterocycles. The van der Waals surface area contributed by atoms with Crippen LogP contribution in [0, 0.1) is 13.8 Å². The van der Waals surface area contributed by atoms with E-state index in [0.29, 0.717) is 13.2 Å². The lowest BCUT2D eigenvalue weighted by molar-refractivity contribution is -0.137. The Morgan fingerprint density at radius 3 is 2.83 bits per heavy atom. The Balaban J connectivity index is 2.13. The van der Waals surface area contributed by atoms with Gasteiger partial charge in [-0.25, -0.2) is 0 Å². The molecule has 0 atom stereocenters. The molecule has 2 rings (SSSR count). The van der Waals surface area contributed by atoms with Gasteiger partial charge in [-0.15, -0.1) is 0 Å². The van der Waals surface area contributed by atoms with Crippen LogP contribution in [0.2, 0.25) is 0 Å². The molecular weight excluding hydrogens is 230 g/mol. The Kier molecular flexibility index (Phi) is 3.87. The highest BCUT2D eigenvalue weighted by Gasteiger charge is 2.16. The minimum atomic E-state index is -0.750. The smallest absolute Gasteiger partial charge is 0.304 e. The number of ether oxygens (including phenoxy) is 1. The average Bonchev–Trinajstić information content (AvgIpc) is 2.49. The zero-order chi connectivity index (χ0) is 13.1. The summed E-state index contributed by atoms with van der Waals surface area (Å²) in [5, 5.41) is 8.73. The SMILES string of the molecule is Cc1cc2c(cc1C)OCCN(CCC(=O)O)C2. The first-order valence-corrected chi connectivity index (χ1v) is 6.23. The van der Waals surface area contributed by atoms with Crippen molar-refractivity contribution in [3.05, 3.63) is 28.8 Å². The molecule has 4 nitrogen and oxygen atoms in total. The molecule has 0 saturated carbocycles. The molecule has 0 spiro atoms. The van der Waals surface area contributed by atoms with E-state index in [-0.39, 0.29) is 6.42 Å². The van der Waals surface area contributed by atoms with Crippen LogP contribution in [0.25, 0.3) is 0 Å². The first kappa shape index (κ1) is 12.9. The van der Waals surface area contributed by atoms with E-state index in [2.05, 4.69) is 30.9 Å². The predicted molar refractivity (Wildman–Crippen MR) is 68.9 cm³/mol. The predicted octanol–water partition coefficient (Wildman–Crippen LogP) is 1.97. The molecule has 1 N–H and O–H groups in total. The van der Waals surface area contributed by atoms with E-state index in [1.54, 1.807) is 0 Å². The summed E-state index contributed by atoms with van der Waals surface area (Å²) in [5.74, 6) is 0.191. The number of aryl methyl sites for hydroxylation is 2. The van der Waals surface area contributed by atoms with E-state index < -0.39 is 5.97 Å². The number of carbonyl (C=O) groups is 1. The number of aliphatic carboxylic acids is 1.